The smallest absolute Gasteiger partial charge is 0.244 e. The maximum Gasteiger partial charge on any atom is 0.244 e. The van der Waals surface area contributed by atoms with Gasteiger partial charge < -0.3 is 10.2 Å². The van der Waals surface area contributed by atoms with Crippen molar-refractivity contribution in [1.29, 1.82) is 0 Å². The van der Waals surface area contributed by atoms with E-state index in [2.05, 4.69) is 5.32 Å². The summed E-state index contributed by atoms with van der Waals surface area (Å²) in [5.74, 6) is -0.845. The van der Waals surface area contributed by atoms with E-state index in [1.54, 1.807) is 25.1 Å². The number of rotatable bonds is 8. The molecule has 0 aliphatic carbocycles. The SMILES string of the molecule is CNC(=O)C(C)N(Cc1cccc(C)c1)C(=O)CN(c1cccc(Cl)c1)S(C)(=O)=O. The van der Waals surface area contributed by atoms with Gasteiger partial charge in [0.15, 0.2) is 0 Å². The van der Waals surface area contributed by atoms with Crippen LogP contribution >= 0.6 is 11.6 Å². The Morgan fingerprint density at radius 2 is 1.80 bits per heavy atom. The molecule has 0 heterocycles. The summed E-state index contributed by atoms with van der Waals surface area (Å²) in [7, 11) is -2.28. The molecule has 2 aromatic rings. The standard InChI is InChI=1S/C21H26ClN3O4S/c1-15-7-5-8-17(11-15)13-24(16(2)21(27)23-3)20(26)14-25(30(4,28)29)19-10-6-9-18(22)12-19/h5-12,16H,13-14H2,1-4H3,(H,23,27). The minimum absolute atomic E-state index is 0.169. The zero-order chi connectivity index (χ0) is 22.5. The van der Waals surface area contributed by atoms with E-state index >= 15 is 0 Å². The van der Waals surface area contributed by atoms with Crippen molar-refractivity contribution in [2.75, 3.05) is 24.2 Å². The van der Waals surface area contributed by atoms with E-state index in [-0.39, 0.29) is 18.1 Å². The molecule has 1 atom stereocenters. The van der Waals surface area contributed by atoms with Crippen LogP contribution in [0.2, 0.25) is 5.02 Å². The molecule has 0 radical (unpaired) electrons. The normalized spacial score (nSPS) is 12.2. The van der Waals surface area contributed by atoms with Crippen LogP contribution in [0.1, 0.15) is 18.1 Å². The molecule has 162 valence electrons. The Morgan fingerprint density at radius 1 is 1.13 bits per heavy atom. The van der Waals surface area contributed by atoms with Crippen LogP contribution in [0.5, 0.6) is 0 Å². The number of amides is 2. The van der Waals surface area contributed by atoms with Gasteiger partial charge in [0.25, 0.3) is 0 Å². The lowest BCUT2D eigenvalue weighted by molar-refractivity contribution is -0.139. The molecule has 0 aliphatic rings. The number of nitrogens with zero attached hydrogens (tertiary/aromatic N) is 2. The van der Waals surface area contributed by atoms with E-state index in [1.807, 2.05) is 31.2 Å². The predicted molar refractivity (Wildman–Crippen MR) is 119 cm³/mol. The number of aryl methyl sites for hydroxylation is 1. The lowest BCUT2D eigenvalue weighted by Crippen LogP contribution is -2.50. The maximum absolute atomic E-state index is 13.2. The van der Waals surface area contributed by atoms with Crippen molar-refractivity contribution < 1.29 is 18.0 Å². The third-order valence-electron chi connectivity index (χ3n) is 4.62. The number of nitrogens with one attached hydrogen (secondary N) is 1. The molecule has 1 N–H and O–H groups in total. The van der Waals surface area contributed by atoms with E-state index in [9.17, 15) is 18.0 Å². The number of benzene rings is 2. The van der Waals surface area contributed by atoms with Crippen LogP contribution in [0.3, 0.4) is 0 Å². The van der Waals surface area contributed by atoms with Crippen LogP contribution in [-0.2, 0) is 26.2 Å². The molecule has 0 aliphatic heterocycles. The third kappa shape index (κ3) is 6.21. The van der Waals surface area contributed by atoms with Crippen molar-refractivity contribution in [2.24, 2.45) is 0 Å². The number of sulfonamides is 1. The molecule has 30 heavy (non-hydrogen) atoms. The first-order valence-corrected chi connectivity index (χ1v) is 11.6. The summed E-state index contributed by atoms with van der Waals surface area (Å²) in [6.07, 6.45) is 1.02. The number of halogens is 1. The zero-order valence-corrected chi connectivity index (χ0v) is 19.0. The van der Waals surface area contributed by atoms with Crippen LogP contribution in [0.25, 0.3) is 0 Å². The van der Waals surface area contributed by atoms with Gasteiger partial charge in [0.1, 0.15) is 12.6 Å². The molecule has 2 aromatic carbocycles. The molecule has 7 nitrogen and oxygen atoms in total. The van der Waals surface area contributed by atoms with E-state index in [0.717, 1.165) is 21.7 Å². The molecule has 0 aromatic heterocycles. The highest BCUT2D eigenvalue weighted by molar-refractivity contribution is 7.92. The van der Waals surface area contributed by atoms with Crippen LogP contribution in [-0.4, -0.2) is 51.0 Å². The fourth-order valence-electron chi connectivity index (χ4n) is 3.04. The van der Waals surface area contributed by atoms with E-state index < -0.39 is 28.5 Å². The molecule has 9 heteroatoms. The highest BCUT2D eigenvalue weighted by Crippen LogP contribution is 2.22. The second-order valence-corrected chi connectivity index (χ2v) is 9.39. The van der Waals surface area contributed by atoms with E-state index in [0.29, 0.717) is 5.02 Å². The van der Waals surface area contributed by atoms with Crippen LogP contribution in [0, 0.1) is 6.92 Å². The van der Waals surface area contributed by atoms with Gasteiger partial charge in [-0.25, -0.2) is 8.42 Å². The Bertz CT molecular complexity index is 1030. The predicted octanol–water partition coefficient (Wildman–Crippen LogP) is 2.58. The zero-order valence-electron chi connectivity index (χ0n) is 17.4. The molecular weight excluding hydrogens is 426 g/mol. The van der Waals surface area contributed by atoms with Gasteiger partial charge in [-0.1, -0.05) is 47.5 Å². The number of anilines is 1. The summed E-state index contributed by atoms with van der Waals surface area (Å²) in [5.41, 5.74) is 2.14. The minimum Gasteiger partial charge on any atom is -0.357 e. The first-order valence-electron chi connectivity index (χ1n) is 9.33. The van der Waals surface area contributed by atoms with Crippen molar-refractivity contribution in [3.05, 3.63) is 64.7 Å². The fourth-order valence-corrected chi connectivity index (χ4v) is 4.07. The first-order chi connectivity index (χ1) is 14.0. The Hall–Kier alpha value is -2.58. The number of likely N-dealkylation sites (N-methyl/N-ethyl adjacent to an activating group) is 1. The Morgan fingerprint density at radius 3 is 2.37 bits per heavy atom. The molecule has 0 spiro atoms. The summed E-state index contributed by atoms with van der Waals surface area (Å²) in [6.45, 7) is 3.26. The van der Waals surface area contributed by atoms with Gasteiger partial charge in [-0.15, -0.1) is 0 Å². The Kier molecular flexibility index (Phi) is 7.86. The summed E-state index contributed by atoms with van der Waals surface area (Å²) in [4.78, 5) is 26.8. The molecule has 0 saturated carbocycles. The van der Waals surface area contributed by atoms with Gasteiger partial charge in [-0.3, -0.25) is 13.9 Å². The average molecular weight is 452 g/mol. The fraction of sp³-hybridized carbons (Fsp3) is 0.333. The van der Waals surface area contributed by atoms with Crippen molar-refractivity contribution in [2.45, 2.75) is 26.4 Å². The molecular formula is C21H26ClN3O4S. The first kappa shape index (κ1) is 23.7. The largest absolute Gasteiger partial charge is 0.357 e. The topological polar surface area (TPSA) is 86.8 Å². The van der Waals surface area contributed by atoms with Crippen LogP contribution in [0.15, 0.2) is 48.5 Å². The Balaban J connectivity index is 2.38. The molecule has 0 saturated heterocycles. The lowest BCUT2D eigenvalue weighted by Gasteiger charge is -2.31. The van der Waals surface area contributed by atoms with Gasteiger partial charge in [0, 0.05) is 18.6 Å². The molecule has 0 fully saturated rings. The molecule has 2 rings (SSSR count). The summed E-state index contributed by atoms with van der Waals surface area (Å²) < 4.78 is 25.8. The molecule has 1 unspecified atom stereocenters. The summed E-state index contributed by atoms with van der Waals surface area (Å²) in [5, 5.41) is 2.89. The number of carbonyl (C=O) groups is 2. The molecule has 0 bridgehead atoms. The van der Waals surface area contributed by atoms with Crippen molar-refractivity contribution in [3.63, 3.8) is 0 Å². The van der Waals surface area contributed by atoms with Crippen molar-refractivity contribution in [3.8, 4) is 0 Å². The maximum atomic E-state index is 13.2. The minimum atomic E-state index is -3.77. The van der Waals surface area contributed by atoms with Crippen LogP contribution in [0.4, 0.5) is 5.69 Å². The monoisotopic (exact) mass is 451 g/mol. The van der Waals surface area contributed by atoms with Gasteiger partial charge in [0.05, 0.1) is 11.9 Å². The van der Waals surface area contributed by atoms with Gasteiger partial charge in [0.2, 0.25) is 21.8 Å². The number of carbonyl (C=O) groups excluding carboxylic acids is 2. The quantitative estimate of drug-likeness (QED) is 0.668. The summed E-state index contributed by atoms with van der Waals surface area (Å²) in [6, 6.07) is 13.1. The third-order valence-corrected chi connectivity index (χ3v) is 6.00. The lowest BCUT2D eigenvalue weighted by atomic mass is 10.1. The van der Waals surface area contributed by atoms with Crippen molar-refractivity contribution >= 4 is 39.1 Å². The second kappa shape index (κ2) is 9.95. The highest BCUT2D eigenvalue weighted by Gasteiger charge is 2.29. The highest BCUT2D eigenvalue weighted by atomic mass is 35.5. The summed E-state index contributed by atoms with van der Waals surface area (Å²) >= 11 is 6.00. The van der Waals surface area contributed by atoms with Gasteiger partial charge in [-0.05, 0) is 37.6 Å². The van der Waals surface area contributed by atoms with Gasteiger partial charge in [-0.2, -0.15) is 0 Å². The van der Waals surface area contributed by atoms with Crippen LogP contribution < -0.4 is 9.62 Å². The average Bonchev–Trinajstić information content (AvgIpc) is 2.68. The Labute approximate surface area is 182 Å². The molecule has 2 amide bonds. The van der Waals surface area contributed by atoms with Gasteiger partial charge >= 0.3 is 0 Å². The second-order valence-electron chi connectivity index (χ2n) is 7.05. The number of hydrogen-bond donors (Lipinski definition) is 1. The number of hydrogen-bond acceptors (Lipinski definition) is 4. The van der Waals surface area contributed by atoms with Crippen molar-refractivity contribution in [1.82, 2.24) is 10.2 Å². The van der Waals surface area contributed by atoms with E-state index in [4.69, 9.17) is 11.6 Å². The van der Waals surface area contributed by atoms with E-state index in [1.165, 1.54) is 18.0 Å².